The van der Waals surface area contributed by atoms with Gasteiger partial charge in [-0.2, -0.15) is 0 Å². The van der Waals surface area contributed by atoms with Gasteiger partial charge in [0, 0.05) is 21.7 Å². The predicted molar refractivity (Wildman–Crippen MR) is 131 cm³/mol. The fraction of sp³-hybridized carbons (Fsp3) is 0.0435. The van der Waals surface area contributed by atoms with Gasteiger partial charge in [0.05, 0.1) is 26.7 Å². The van der Waals surface area contributed by atoms with Gasteiger partial charge in [-0.25, -0.2) is 8.42 Å². The van der Waals surface area contributed by atoms with E-state index in [1.54, 1.807) is 30.5 Å². The van der Waals surface area contributed by atoms with E-state index in [0.29, 0.717) is 21.4 Å². The van der Waals surface area contributed by atoms with Crippen LogP contribution in [0.2, 0.25) is 5.02 Å². The molecule has 4 rings (SSSR count). The maximum atomic E-state index is 13.1. The van der Waals surface area contributed by atoms with Gasteiger partial charge in [0.25, 0.3) is 15.9 Å². The van der Waals surface area contributed by atoms with Crippen LogP contribution in [0.15, 0.2) is 82.3 Å². The number of hydrogen-bond donors (Lipinski definition) is 2. The second kappa shape index (κ2) is 8.90. The van der Waals surface area contributed by atoms with Crippen molar-refractivity contribution in [1.82, 2.24) is 4.98 Å². The van der Waals surface area contributed by atoms with Gasteiger partial charge in [0.1, 0.15) is 0 Å². The highest BCUT2D eigenvalue weighted by Crippen LogP contribution is 2.29. The maximum Gasteiger partial charge on any atom is 0.261 e. The molecule has 1 amide bonds. The number of para-hydroxylation sites is 1. The van der Waals surface area contributed by atoms with Crippen molar-refractivity contribution in [3.63, 3.8) is 0 Å². The van der Waals surface area contributed by atoms with Crippen molar-refractivity contribution >= 4 is 65.7 Å². The second-order valence-electron chi connectivity index (χ2n) is 7.04. The van der Waals surface area contributed by atoms with Gasteiger partial charge in [-0.15, -0.1) is 0 Å². The maximum absolute atomic E-state index is 13.1. The van der Waals surface area contributed by atoms with Crippen molar-refractivity contribution in [2.45, 2.75) is 11.8 Å². The Morgan fingerprint density at radius 1 is 1.00 bits per heavy atom. The van der Waals surface area contributed by atoms with Gasteiger partial charge >= 0.3 is 0 Å². The summed E-state index contributed by atoms with van der Waals surface area (Å²) in [7, 11) is -4.02. The number of sulfonamides is 1. The minimum absolute atomic E-state index is 0.0509. The number of rotatable bonds is 5. The summed E-state index contributed by atoms with van der Waals surface area (Å²) in [5.41, 5.74) is 2.36. The summed E-state index contributed by atoms with van der Waals surface area (Å²) in [6, 6.07) is 18.3. The third kappa shape index (κ3) is 4.62. The smallest absolute Gasteiger partial charge is 0.261 e. The number of fused-ring (bicyclic) bond motifs is 1. The first-order valence-corrected chi connectivity index (χ1v) is 12.1. The average molecular weight is 531 g/mol. The van der Waals surface area contributed by atoms with E-state index in [1.807, 2.05) is 31.2 Å². The van der Waals surface area contributed by atoms with Gasteiger partial charge in [-0.3, -0.25) is 14.5 Å². The first kappa shape index (κ1) is 22.3. The average Bonchev–Trinajstić information content (AvgIpc) is 2.75. The van der Waals surface area contributed by atoms with Crippen LogP contribution in [0.5, 0.6) is 0 Å². The number of aryl methyl sites for hydroxylation is 1. The highest BCUT2D eigenvalue weighted by molar-refractivity contribution is 9.10. The SMILES string of the molecule is Cc1ccccc1NC(=O)c1cc(S(=O)(=O)Nc2cc(Br)cc3cccnc23)ccc1Cl. The molecule has 0 aliphatic carbocycles. The number of benzene rings is 3. The lowest BCUT2D eigenvalue weighted by molar-refractivity contribution is 0.102. The van der Waals surface area contributed by atoms with Gasteiger partial charge in [-0.05, 0) is 55.0 Å². The summed E-state index contributed by atoms with van der Waals surface area (Å²) in [6.45, 7) is 1.86. The Balaban J connectivity index is 1.68. The van der Waals surface area contributed by atoms with Crippen molar-refractivity contribution in [2.75, 3.05) is 10.0 Å². The monoisotopic (exact) mass is 529 g/mol. The van der Waals surface area contributed by atoms with Gasteiger partial charge in [0.2, 0.25) is 0 Å². The lowest BCUT2D eigenvalue weighted by Crippen LogP contribution is -2.17. The topological polar surface area (TPSA) is 88.2 Å². The molecule has 6 nitrogen and oxygen atoms in total. The van der Waals surface area contributed by atoms with E-state index in [4.69, 9.17) is 11.6 Å². The van der Waals surface area contributed by atoms with Crippen molar-refractivity contribution < 1.29 is 13.2 Å². The fourth-order valence-electron chi connectivity index (χ4n) is 3.19. The van der Waals surface area contributed by atoms with Crippen molar-refractivity contribution in [3.05, 3.63) is 93.5 Å². The molecule has 162 valence electrons. The number of carbonyl (C=O) groups is 1. The molecule has 0 saturated carbocycles. The molecule has 1 aromatic heterocycles. The molecule has 0 unspecified atom stereocenters. The molecule has 9 heteroatoms. The minimum atomic E-state index is -4.02. The van der Waals surface area contributed by atoms with E-state index in [9.17, 15) is 13.2 Å². The number of hydrogen-bond acceptors (Lipinski definition) is 4. The molecule has 4 aromatic rings. The highest BCUT2D eigenvalue weighted by Gasteiger charge is 2.21. The van der Waals surface area contributed by atoms with Crippen LogP contribution in [-0.4, -0.2) is 19.3 Å². The summed E-state index contributed by atoms with van der Waals surface area (Å²) in [6.07, 6.45) is 1.59. The summed E-state index contributed by atoms with van der Waals surface area (Å²) >= 11 is 9.61. The third-order valence-electron chi connectivity index (χ3n) is 4.80. The van der Waals surface area contributed by atoms with Crippen molar-refractivity contribution in [2.24, 2.45) is 0 Å². The second-order valence-corrected chi connectivity index (χ2v) is 10.0. The summed E-state index contributed by atoms with van der Waals surface area (Å²) < 4.78 is 29.5. The Morgan fingerprint density at radius 2 is 1.78 bits per heavy atom. The van der Waals surface area contributed by atoms with Crippen LogP contribution in [-0.2, 0) is 10.0 Å². The number of amides is 1. The van der Waals surface area contributed by atoms with Gasteiger partial charge < -0.3 is 5.32 Å². The van der Waals surface area contributed by atoms with Crippen LogP contribution < -0.4 is 10.0 Å². The van der Waals surface area contributed by atoms with E-state index in [-0.39, 0.29) is 15.5 Å². The van der Waals surface area contributed by atoms with Crippen LogP contribution >= 0.6 is 27.5 Å². The highest BCUT2D eigenvalue weighted by atomic mass is 79.9. The molecule has 0 bridgehead atoms. The number of halogens is 2. The zero-order chi connectivity index (χ0) is 22.9. The van der Waals surface area contributed by atoms with Crippen molar-refractivity contribution in [1.29, 1.82) is 0 Å². The molecule has 0 fully saturated rings. The molecular weight excluding hydrogens is 514 g/mol. The van der Waals surface area contributed by atoms with Crippen LogP contribution in [0.1, 0.15) is 15.9 Å². The number of nitrogens with one attached hydrogen (secondary N) is 2. The first-order valence-electron chi connectivity index (χ1n) is 9.48. The standard InChI is InChI=1S/C23H17BrClN3O3S/c1-14-5-2-3-7-20(14)27-23(29)18-13-17(8-9-19(18)25)32(30,31)28-21-12-16(24)11-15-6-4-10-26-22(15)21/h2-13,28H,1H3,(H,27,29). The largest absolute Gasteiger partial charge is 0.322 e. The molecule has 0 aliphatic heterocycles. The Hall–Kier alpha value is -2.94. The normalized spacial score (nSPS) is 11.3. The van der Waals surface area contributed by atoms with Crippen LogP contribution in [0.4, 0.5) is 11.4 Å². The lowest BCUT2D eigenvalue weighted by atomic mass is 10.1. The molecule has 0 saturated heterocycles. The van der Waals surface area contributed by atoms with Gasteiger partial charge in [0.15, 0.2) is 0 Å². The fourth-order valence-corrected chi connectivity index (χ4v) is 4.95. The zero-order valence-corrected chi connectivity index (χ0v) is 19.9. The molecule has 32 heavy (non-hydrogen) atoms. The summed E-state index contributed by atoms with van der Waals surface area (Å²) in [5.74, 6) is -0.504. The Labute approximate surface area is 198 Å². The summed E-state index contributed by atoms with van der Waals surface area (Å²) in [5, 5.41) is 3.69. The van der Waals surface area contributed by atoms with E-state index in [0.717, 1.165) is 10.9 Å². The van der Waals surface area contributed by atoms with Crippen LogP contribution in [0.25, 0.3) is 10.9 Å². The Morgan fingerprint density at radius 3 is 2.56 bits per heavy atom. The zero-order valence-electron chi connectivity index (χ0n) is 16.8. The van der Waals surface area contributed by atoms with E-state index in [1.165, 1.54) is 18.2 Å². The first-order chi connectivity index (χ1) is 15.2. The predicted octanol–water partition coefficient (Wildman–Crippen LogP) is 6.01. The summed E-state index contributed by atoms with van der Waals surface area (Å²) in [4.78, 5) is 17.0. The van der Waals surface area contributed by atoms with Crippen molar-refractivity contribution in [3.8, 4) is 0 Å². The Bertz CT molecular complexity index is 1460. The number of aromatic nitrogens is 1. The lowest BCUT2D eigenvalue weighted by Gasteiger charge is -2.13. The molecule has 0 aliphatic rings. The van der Waals surface area contributed by atoms with E-state index < -0.39 is 15.9 Å². The number of carbonyl (C=O) groups excluding carboxylic acids is 1. The van der Waals surface area contributed by atoms with Crippen LogP contribution in [0.3, 0.4) is 0 Å². The molecular formula is C23H17BrClN3O3S. The van der Waals surface area contributed by atoms with Gasteiger partial charge in [-0.1, -0.05) is 51.8 Å². The minimum Gasteiger partial charge on any atom is -0.322 e. The molecule has 0 spiro atoms. The third-order valence-corrected chi connectivity index (χ3v) is 6.95. The Kier molecular flexibility index (Phi) is 6.19. The molecule has 3 aromatic carbocycles. The number of nitrogens with zero attached hydrogens (tertiary/aromatic N) is 1. The van der Waals surface area contributed by atoms with E-state index >= 15 is 0 Å². The van der Waals surface area contributed by atoms with Crippen LogP contribution in [0, 0.1) is 6.92 Å². The van der Waals surface area contributed by atoms with E-state index in [2.05, 4.69) is 31.0 Å². The quantitative estimate of drug-likeness (QED) is 0.331. The number of pyridine rings is 1. The molecule has 0 radical (unpaired) electrons. The molecule has 0 atom stereocenters. The number of anilines is 2. The molecule has 1 heterocycles. The molecule has 2 N–H and O–H groups in total.